The highest BCUT2D eigenvalue weighted by Crippen LogP contribution is 2.24. The van der Waals surface area contributed by atoms with Crippen LogP contribution in [-0.2, 0) is 4.74 Å². The lowest BCUT2D eigenvalue weighted by Crippen LogP contribution is -2.11. The number of ether oxygens (including phenoxy) is 2. The Morgan fingerprint density at radius 2 is 1.74 bits per heavy atom. The molecule has 0 N–H and O–H groups in total. The monoisotopic (exact) mass is 310 g/mol. The molecular formula is C18H18N2O3. The molecule has 0 unspecified atom stereocenters. The van der Waals surface area contributed by atoms with Crippen LogP contribution in [0.2, 0.25) is 0 Å². The molecule has 0 radical (unpaired) electrons. The van der Waals surface area contributed by atoms with E-state index >= 15 is 0 Å². The molecule has 2 aromatic carbocycles. The van der Waals surface area contributed by atoms with E-state index in [2.05, 4.69) is 5.10 Å². The third kappa shape index (κ3) is 3.18. The van der Waals surface area contributed by atoms with Gasteiger partial charge in [0, 0.05) is 13.0 Å². The van der Waals surface area contributed by atoms with Gasteiger partial charge in [0.05, 0.1) is 31.2 Å². The van der Waals surface area contributed by atoms with E-state index in [0.29, 0.717) is 5.56 Å². The Kier molecular flexibility index (Phi) is 4.28. The van der Waals surface area contributed by atoms with Crippen molar-refractivity contribution in [2.75, 3.05) is 25.8 Å². The van der Waals surface area contributed by atoms with E-state index in [1.165, 1.54) is 7.11 Å². The van der Waals surface area contributed by atoms with Crippen LogP contribution in [0.5, 0.6) is 5.75 Å². The highest BCUT2D eigenvalue weighted by atomic mass is 16.5. The lowest BCUT2D eigenvalue weighted by atomic mass is 10.1. The summed E-state index contributed by atoms with van der Waals surface area (Å²) in [6.45, 7) is 0.834. The van der Waals surface area contributed by atoms with Crippen LogP contribution in [0.3, 0.4) is 0 Å². The van der Waals surface area contributed by atoms with Crippen LogP contribution in [0, 0.1) is 0 Å². The molecule has 0 saturated heterocycles. The summed E-state index contributed by atoms with van der Waals surface area (Å²) >= 11 is 0. The first kappa shape index (κ1) is 15.1. The maximum absolute atomic E-state index is 11.5. The second kappa shape index (κ2) is 6.52. The summed E-state index contributed by atoms with van der Waals surface area (Å²) in [7, 11) is 3.03. The summed E-state index contributed by atoms with van der Waals surface area (Å²) in [5.74, 6) is 0.500. The summed E-state index contributed by atoms with van der Waals surface area (Å²) in [5, 5.41) is 6.65. The number of nitrogens with zero attached hydrogens (tertiary/aromatic N) is 2. The van der Waals surface area contributed by atoms with Crippen molar-refractivity contribution in [3.05, 3.63) is 59.7 Å². The zero-order chi connectivity index (χ0) is 16.2. The highest BCUT2D eigenvalue weighted by Gasteiger charge is 2.17. The van der Waals surface area contributed by atoms with Crippen molar-refractivity contribution in [1.82, 2.24) is 0 Å². The van der Waals surface area contributed by atoms with Crippen LogP contribution in [0.1, 0.15) is 22.3 Å². The number of hydrogen-bond acceptors (Lipinski definition) is 5. The molecule has 1 aliphatic heterocycles. The van der Waals surface area contributed by atoms with Crippen molar-refractivity contribution in [3.63, 3.8) is 0 Å². The Morgan fingerprint density at radius 3 is 2.35 bits per heavy atom. The number of benzene rings is 2. The van der Waals surface area contributed by atoms with Gasteiger partial charge in [-0.3, -0.25) is 5.01 Å². The van der Waals surface area contributed by atoms with Crippen molar-refractivity contribution in [1.29, 1.82) is 0 Å². The van der Waals surface area contributed by atoms with Gasteiger partial charge in [0.15, 0.2) is 0 Å². The Labute approximate surface area is 135 Å². The Bertz CT molecular complexity index is 721. The molecule has 1 heterocycles. The zero-order valence-electron chi connectivity index (χ0n) is 13.2. The third-order valence-corrected chi connectivity index (χ3v) is 3.81. The maximum atomic E-state index is 11.5. The van der Waals surface area contributed by atoms with Crippen LogP contribution >= 0.6 is 0 Å². The number of carbonyl (C=O) groups excluding carboxylic acids is 1. The van der Waals surface area contributed by atoms with Crippen molar-refractivity contribution in [2.45, 2.75) is 6.42 Å². The molecule has 0 spiro atoms. The standard InChI is InChI=1S/C18H18N2O3/c1-22-16-9-7-15(8-10-16)20-12-11-17(19-20)13-3-5-14(6-4-13)18(21)23-2/h3-10H,11-12H2,1-2H3. The van der Waals surface area contributed by atoms with Crippen molar-refractivity contribution in [3.8, 4) is 5.75 Å². The van der Waals surface area contributed by atoms with Gasteiger partial charge in [-0.25, -0.2) is 4.79 Å². The van der Waals surface area contributed by atoms with Gasteiger partial charge < -0.3 is 9.47 Å². The van der Waals surface area contributed by atoms with E-state index in [0.717, 1.165) is 35.7 Å². The lowest BCUT2D eigenvalue weighted by Gasteiger charge is -2.13. The Hall–Kier alpha value is -2.82. The molecule has 3 rings (SSSR count). The van der Waals surface area contributed by atoms with E-state index in [4.69, 9.17) is 9.47 Å². The first-order valence-electron chi connectivity index (χ1n) is 7.39. The van der Waals surface area contributed by atoms with Crippen LogP contribution in [0.4, 0.5) is 5.69 Å². The Morgan fingerprint density at radius 1 is 1.04 bits per heavy atom. The van der Waals surface area contributed by atoms with Crippen molar-refractivity contribution < 1.29 is 14.3 Å². The largest absolute Gasteiger partial charge is 0.497 e. The molecule has 0 fully saturated rings. The van der Waals surface area contributed by atoms with Crippen LogP contribution < -0.4 is 9.75 Å². The molecule has 1 aliphatic rings. The number of hydrogen-bond donors (Lipinski definition) is 0. The summed E-state index contributed by atoms with van der Waals surface area (Å²) in [5.41, 5.74) is 3.61. The number of anilines is 1. The van der Waals surface area contributed by atoms with Crippen molar-refractivity contribution >= 4 is 17.4 Å². The quantitative estimate of drug-likeness (QED) is 0.814. The van der Waals surface area contributed by atoms with Gasteiger partial charge in [-0.2, -0.15) is 5.10 Å². The maximum Gasteiger partial charge on any atom is 0.337 e. The van der Waals surface area contributed by atoms with E-state index in [1.54, 1.807) is 19.2 Å². The van der Waals surface area contributed by atoms with Gasteiger partial charge in [-0.05, 0) is 42.0 Å². The van der Waals surface area contributed by atoms with Crippen LogP contribution in [0.15, 0.2) is 53.6 Å². The number of methoxy groups -OCH3 is 2. The molecule has 0 atom stereocenters. The fraction of sp³-hybridized carbons (Fsp3) is 0.222. The molecular weight excluding hydrogens is 292 g/mol. The summed E-state index contributed by atoms with van der Waals surface area (Å²) in [6, 6.07) is 15.2. The molecule has 0 bridgehead atoms. The SMILES string of the molecule is COC(=O)c1ccc(C2=NN(c3ccc(OC)cc3)CC2)cc1. The van der Waals surface area contributed by atoms with Gasteiger partial charge in [-0.1, -0.05) is 12.1 Å². The van der Waals surface area contributed by atoms with E-state index < -0.39 is 0 Å². The molecule has 23 heavy (non-hydrogen) atoms. The minimum Gasteiger partial charge on any atom is -0.497 e. The molecule has 0 aliphatic carbocycles. The zero-order valence-corrected chi connectivity index (χ0v) is 13.2. The first-order chi connectivity index (χ1) is 11.2. The second-order valence-corrected chi connectivity index (χ2v) is 5.19. The predicted octanol–water partition coefficient (Wildman–Crippen LogP) is 3.10. The minimum atomic E-state index is -0.329. The van der Waals surface area contributed by atoms with Crippen molar-refractivity contribution in [2.24, 2.45) is 5.10 Å². The molecule has 0 saturated carbocycles. The van der Waals surface area contributed by atoms with Gasteiger partial charge in [0.2, 0.25) is 0 Å². The highest BCUT2D eigenvalue weighted by molar-refractivity contribution is 6.03. The summed E-state index contributed by atoms with van der Waals surface area (Å²) in [4.78, 5) is 11.5. The summed E-state index contributed by atoms with van der Waals surface area (Å²) < 4.78 is 9.88. The topological polar surface area (TPSA) is 51.1 Å². The molecule has 0 aromatic heterocycles. The van der Waals surface area contributed by atoms with Gasteiger partial charge in [-0.15, -0.1) is 0 Å². The normalized spacial score (nSPS) is 13.7. The number of carbonyl (C=O) groups is 1. The first-order valence-corrected chi connectivity index (χ1v) is 7.39. The fourth-order valence-corrected chi connectivity index (χ4v) is 2.52. The van der Waals surface area contributed by atoms with Crippen LogP contribution in [0.25, 0.3) is 0 Å². The number of rotatable bonds is 4. The number of hydrazone groups is 1. The minimum absolute atomic E-state index is 0.329. The molecule has 2 aromatic rings. The lowest BCUT2D eigenvalue weighted by molar-refractivity contribution is 0.0600. The van der Waals surface area contributed by atoms with Crippen LogP contribution in [-0.4, -0.2) is 32.4 Å². The molecule has 0 amide bonds. The van der Waals surface area contributed by atoms with Gasteiger partial charge in [0.25, 0.3) is 0 Å². The summed E-state index contributed by atoms with van der Waals surface area (Å²) in [6.07, 6.45) is 0.865. The second-order valence-electron chi connectivity index (χ2n) is 5.19. The molecule has 5 heteroatoms. The average molecular weight is 310 g/mol. The molecule has 118 valence electrons. The smallest absolute Gasteiger partial charge is 0.337 e. The Balaban J connectivity index is 1.77. The van der Waals surface area contributed by atoms with Gasteiger partial charge >= 0.3 is 5.97 Å². The fourth-order valence-electron chi connectivity index (χ4n) is 2.52. The average Bonchev–Trinajstić information content (AvgIpc) is 3.11. The van der Waals surface area contributed by atoms with Gasteiger partial charge in [0.1, 0.15) is 5.75 Å². The molecule has 5 nitrogen and oxygen atoms in total. The van der Waals surface area contributed by atoms with E-state index in [-0.39, 0.29) is 5.97 Å². The predicted molar refractivity (Wildman–Crippen MR) is 89.3 cm³/mol. The number of esters is 1. The van der Waals surface area contributed by atoms with E-state index in [9.17, 15) is 4.79 Å². The van der Waals surface area contributed by atoms with E-state index in [1.807, 2.05) is 41.4 Å². The third-order valence-electron chi connectivity index (χ3n) is 3.81.